The van der Waals surface area contributed by atoms with Gasteiger partial charge in [0.15, 0.2) is 5.69 Å². The van der Waals surface area contributed by atoms with Gasteiger partial charge in [0.25, 0.3) is 5.91 Å². The van der Waals surface area contributed by atoms with E-state index >= 15 is 0 Å². The topological polar surface area (TPSA) is 64.2 Å². The maximum atomic E-state index is 12.4. The Kier molecular flexibility index (Phi) is 3.41. The van der Waals surface area contributed by atoms with Gasteiger partial charge in [-0.05, 0) is 49.9 Å². The molecule has 1 aliphatic heterocycles. The zero-order valence-electron chi connectivity index (χ0n) is 12.5. The predicted octanol–water partition coefficient (Wildman–Crippen LogP) is 2.31. The quantitative estimate of drug-likeness (QED) is 0.920. The van der Waals surface area contributed by atoms with Crippen molar-refractivity contribution in [1.29, 1.82) is 0 Å². The van der Waals surface area contributed by atoms with Crippen LogP contribution in [0.2, 0.25) is 0 Å². The Labute approximate surface area is 124 Å². The Bertz CT molecular complexity index is 663. The number of hydrogen-bond donors (Lipinski definition) is 1. The van der Waals surface area contributed by atoms with Gasteiger partial charge in [-0.1, -0.05) is 6.07 Å². The van der Waals surface area contributed by atoms with E-state index in [-0.39, 0.29) is 5.91 Å². The van der Waals surface area contributed by atoms with Crippen molar-refractivity contribution in [3.05, 3.63) is 41.1 Å². The summed E-state index contributed by atoms with van der Waals surface area (Å²) in [6.45, 7) is 5.70. The maximum Gasteiger partial charge on any atom is 0.274 e. The van der Waals surface area contributed by atoms with Crippen molar-refractivity contribution in [3.8, 4) is 5.69 Å². The Hall–Kier alpha value is -2.30. The molecule has 0 spiro atoms. The van der Waals surface area contributed by atoms with Crippen LogP contribution in [0.3, 0.4) is 0 Å². The summed E-state index contributed by atoms with van der Waals surface area (Å²) in [6.07, 6.45) is 2.14. The smallest absolute Gasteiger partial charge is 0.274 e. The number of aryl methyl sites for hydroxylation is 2. The van der Waals surface area contributed by atoms with Crippen LogP contribution in [-0.2, 0) is 0 Å². The molecule has 2 heterocycles. The molecule has 0 aliphatic carbocycles. The van der Waals surface area contributed by atoms with Crippen molar-refractivity contribution in [1.82, 2.24) is 14.7 Å². The van der Waals surface area contributed by atoms with Crippen LogP contribution in [0.25, 0.3) is 5.69 Å². The lowest BCUT2D eigenvalue weighted by atomic mass is 10.1. The van der Waals surface area contributed by atoms with Gasteiger partial charge in [0, 0.05) is 19.2 Å². The van der Waals surface area contributed by atoms with Crippen molar-refractivity contribution in [2.24, 2.45) is 0 Å². The average Bonchev–Trinajstić information content (AvgIpc) is 3.05. The van der Waals surface area contributed by atoms with Crippen molar-refractivity contribution in [2.75, 3.05) is 18.8 Å². The number of rotatable bonds is 2. The predicted molar refractivity (Wildman–Crippen MR) is 82.6 cm³/mol. The van der Waals surface area contributed by atoms with E-state index in [1.54, 1.807) is 10.7 Å². The third-order valence-electron chi connectivity index (χ3n) is 3.80. The van der Waals surface area contributed by atoms with Crippen molar-refractivity contribution >= 4 is 11.7 Å². The third-order valence-corrected chi connectivity index (χ3v) is 3.80. The minimum Gasteiger partial charge on any atom is -0.384 e. The average molecular weight is 284 g/mol. The van der Waals surface area contributed by atoms with E-state index in [4.69, 9.17) is 5.73 Å². The Morgan fingerprint density at radius 2 is 1.71 bits per heavy atom. The van der Waals surface area contributed by atoms with E-state index < -0.39 is 0 Å². The van der Waals surface area contributed by atoms with E-state index in [0.717, 1.165) is 42.7 Å². The van der Waals surface area contributed by atoms with Crippen LogP contribution in [0.5, 0.6) is 0 Å². The molecule has 1 fully saturated rings. The summed E-state index contributed by atoms with van der Waals surface area (Å²) in [5.41, 5.74) is 9.65. The molecule has 5 nitrogen and oxygen atoms in total. The molecule has 1 aromatic carbocycles. The third kappa shape index (κ3) is 2.63. The van der Waals surface area contributed by atoms with Crippen LogP contribution in [0.1, 0.15) is 34.5 Å². The van der Waals surface area contributed by atoms with E-state index in [9.17, 15) is 4.79 Å². The van der Waals surface area contributed by atoms with Crippen LogP contribution < -0.4 is 5.73 Å². The molecule has 1 amide bonds. The second-order valence-corrected chi connectivity index (χ2v) is 5.71. The molecule has 0 unspecified atom stereocenters. The molecule has 0 atom stereocenters. The van der Waals surface area contributed by atoms with Gasteiger partial charge < -0.3 is 10.6 Å². The van der Waals surface area contributed by atoms with E-state index in [1.807, 2.05) is 30.9 Å². The summed E-state index contributed by atoms with van der Waals surface area (Å²) >= 11 is 0. The fourth-order valence-corrected chi connectivity index (χ4v) is 2.86. The van der Waals surface area contributed by atoms with Crippen LogP contribution in [0, 0.1) is 13.8 Å². The highest BCUT2D eigenvalue weighted by molar-refractivity contribution is 5.93. The maximum absolute atomic E-state index is 12.4. The number of anilines is 1. The summed E-state index contributed by atoms with van der Waals surface area (Å²) in [5, 5.41) is 4.41. The molecule has 1 saturated heterocycles. The number of hydrogen-bond acceptors (Lipinski definition) is 3. The van der Waals surface area contributed by atoms with E-state index in [0.29, 0.717) is 11.5 Å². The number of nitrogens with two attached hydrogens (primary N) is 1. The summed E-state index contributed by atoms with van der Waals surface area (Å²) in [4.78, 5) is 14.2. The van der Waals surface area contributed by atoms with Gasteiger partial charge in [-0.3, -0.25) is 4.79 Å². The first kappa shape index (κ1) is 13.7. The van der Waals surface area contributed by atoms with Crippen LogP contribution >= 0.6 is 0 Å². The highest BCUT2D eigenvalue weighted by Gasteiger charge is 2.22. The van der Waals surface area contributed by atoms with E-state index in [2.05, 4.69) is 11.2 Å². The van der Waals surface area contributed by atoms with Crippen molar-refractivity contribution < 1.29 is 4.79 Å². The zero-order valence-corrected chi connectivity index (χ0v) is 12.5. The van der Waals surface area contributed by atoms with Crippen LogP contribution in [0.15, 0.2) is 24.3 Å². The lowest BCUT2D eigenvalue weighted by Crippen LogP contribution is -2.28. The van der Waals surface area contributed by atoms with Gasteiger partial charge in [0.1, 0.15) is 5.82 Å². The Morgan fingerprint density at radius 3 is 2.33 bits per heavy atom. The minimum atomic E-state index is -0.0256. The van der Waals surface area contributed by atoms with E-state index in [1.165, 1.54) is 0 Å². The van der Waals surface area contributed by atoms with Gasteiger partial charge >= 0.3 is 0 Å². The minimum absolute atomic E-state index is 0.0256. The van der Waals surface area contributed by atoms with Gasteiger partial charge in [-0.2, -0.15) is 5.10 Å². The molecule has 5 heteroatoms. The molecule has 110 valence electrons. The number of benzene rings is 1. The summed E-state index contributed by atoms with van der Waals surface area (Å²) in [7, 11) is 0. The number of carbonyl (C=O) groups is 1. The fraction of sp³-hybridized carbons (Fsp3) is 0.375. The standard InChI is InChI=1S/C16H20N4O/c1-11-7-12(2)9-13(8-11)20-15(17)10-14(18-20)16(21)19-5-3-4-6-19/h7-10H,3-6,17H2,1-2H3. The molecule has 0 saturated carbocycles. The van der Waals surface area contributed by atoms with Crippen molar-refractivity contribution in [2.45, 2.75) is 26.7 Å². The number of aromatic nitrogens is 2. The number of nitrogen functional groups attached to an aromatic ring is 1. The highest BCUT2D eigenvalue weighted by atomic mass is 16.2. The highest BCUT2D eigenvalue weighted by Crippen LogP contribution is 2.19. The van der Waals surface area contributed by atoms with Crippen molar-refractivity contribution in [3.63, 3.8) is 0 Å². The molecule has 21 heavy (non-hydrogen) atoms. The number of likely N-dealkylation sites (tertiary alicyclic amines) is 1. The fourth-order valence-electron chi connectivity index (χ4n) is 2.86. The molecule has 0 bridgehead atoms. The first-order valence-corrected chi connectivity index (χ1v) is 7.28. The molecule has 1 aliphatic rings. The van der Waals surface area contributed by atoms with Gasteiger partial charge in [0.2, 0.25) is 0 Å². The largest absolute Gasteiger partial charge is 0.384 e. The monoisotopic (exact) mass is 284 g/mol. The Morgan fingerprint density at radius 1 is 1.10 bits per heavy atom. The van der Waals surface area contributed by atoms with Gasteiger partial charge in [-0.25, -0.2) is 4.68 Å². The second-order valence-electron chi connectivity index (χ2n) is 5.71. The summed E-state index contributed by atoms with van der Waals surface area (Å²) in [5.74, 6) is 0.463. The first-order valence-electron chi connectivity index (χ1n) is 7.28. The van der Waals surface area contributed by atoms with Crippen LogP contribution in [0.4, 0.5) is 5.82 Å². The zero-order chi connectivity index (χ0) is 15.0. The first-order chi connectivity index (χ1) is 10.0. The Balaban J connectivity index is 1.95. The number of carbonyl (C=O) groups excluding carboxylic acids is 1. The molecule has 2 aromatic rings. The molecular weight excluding hydrogens is 264 g/mol. The molecular formula is C16H20N4O. The molecule has 1 aromatic heterocycles. The van der Waals surface area contributed by atoms with Crippen LogP contribution in [-0.4, -0.2) is 33.7 Å². The van der Waals surface area contributed by atoms with Gasteiger partial charge in [-0.15, -0.1) is 0 Å². The number of amides is 1. The normalized spacial score (nSPS) is 14.7. The lowest BCUT2D eigenvalue weighted by molar-refractivity contribution is 0.0786. The number of nitrogens with zero attached hydrogens (tertiary/aromatic N) is 3. The lowest BCUT2D eigenvalue weighted by Gasteiger charge is -2.12. The molecule has 3 rings (SSSR count). The molecule has 2 N–H and O–H groups in total. The summed E-state index contributed by atoms with van der Waals surface area (Å²) < 4.78 is 1.64. The second kappa shape index (κ2) is 5.24. The van der Waals surface area contributed by atoms with Gasteiger partial charge in [0.05, 0.1) is 5.69 Å². The summed E-state index contributed by atoms with van der Waals surface area (Å²) in [6, 6.07) is 7.79. The molecule has 0 radical (unpaired) electrons. The SMILES string of the molecule is Cc1cc(C)cc(-n2nc(C(=O)N3CCCC3)cc2N)c1.